The molecule has 120 valence electrons. The minimum atomic E-state index is -0.345. The Morgan fingerprint density at radius 2 is 1.76 bits per heavy atom. The topological polar surface area (TPSA) is 55.9 Å². The predicted octanol–water partition coefficient (Wildman–Crippen LogP) is 0.735. The number of piperazine rings is 1. The van der Waals surface area contributed by atoms with Crippen LogP contribution in [0.25, 0.3) is 0 Å². The number of nitrogens with zero attached hydrogens (tertiary/aromatic N) is 3. The van der Waals surface area contributed by atoms with Crippen LogP contribution in [-0.4, -0.2) is 79.0 Å². The van der Waals surface area contributed by atoms with E-state index in [1.54, 1.807) is 19.0 Å². The zero-order valence-corrected chi connectivity index (χ0v) is 13.5. The molecule has 2 heterocycles. The summed E-state index contributed by atoms with van der Waals surface area (Å²) in [5, 5.41) is 3.44. The SMILES string of the molecule is CCCC1(C(=O)N2CCN(C(=O)N(C)C)CC2)CCCN1. The largest absolute Gasteiger partial charge is 0.338 e. The number of hydrogen-bond acceptors (Lipinski definition) is 3. The Labute approximate surface area is 127 Å². The van der Waals surface area contributed by atoms with Crippen molar-refractivity contribution < 1.29 is 9.59 Å². The maximum absolute atomic E-state index is 12.9. The number of rotatable bonds is 3. The minimum absolute atomic E-state index is 0.0318. The lowest BCUT2D eigenvalue weighted by molar-refractivity contribution is -0.139. The Morgan fingerprint density at radius 3 is 2.24 bits per heavy atom. The van der Waals surface area contributed by atoms with Crippen LogP contribution >= 0.6 is 0 Å². The molecule has 0 aromatic carbocycles. The molecule has 1 N–H and O–H groups in total. The molecule has 6 heteroatoms. The third-order valence-corrected chi connectivity index (χ3v) is 4.55. The van der Waals surface area contributed by atoms with Gasteiger partial charge in [-0.15, -0.1) is 0 Å². The molecule has 0 spiro atoms. The molecule has 1 unspecified atom stereocenters. The number of hydrogen-bond donors (Lipinski definition) is 1. The Balaban J connectivity index is 1.95. The molecule has 0 radical (unpaired) electrons. The van der Waals surface area contributed by atoms with Crippen molar-refractivity contribution in [3.63, 3.8) is 0 Å². The number of urea groups is 1. The Kier molecular flexibility index (Phi) is 5.08. The van der Waals surface area contributed by atoms with Crippen LogP contribution in [0, 0.1) is 0 Å². The van der Waals surface area contributed by atoms with Crippen molar-refractivity contribution >= 4 is 11.9 Å². The monoisotopic (exact) mass is 296 g/mol. The number of nitrogens with one attached hydrogen (secondary N) is 1. The van der Waals surface area contributed by atoms with E-state index < -0.39 is 0 Å². The first-order valence-corrected chi connectivity index (χ1v) is 8.01. The van der Waals surface area contributed by atoms with Crippen molar-refractivity contribution in [2.45, 2.75) is 38.1 Å². The minimum Gasteiger partial charge on any atom is -0.338 e. The van der Waals surface area contributed by atoms with E-state index in [0.717, 1.165) is 32.2 Å². The summed E-state index contributed by atoms with van der Waals surface area (Å²) in [6.07, 6.45) is 3.93. The van der Waals surface area contributed by atoms with Gasteiger partial charge in [-0.3, -0.25) is 4.79 Å². The third-order valence-electron chi connectivity index (χ3n) is 4.55. The van der Waals surface area contributed by atoms with Crippen LogP contribution in [0.3, 0.4) is 0 Å². The van der Waals surface area contributed by atoms with Crippen molar-refractivity contribution in [3.05, 3.63) is 0 Å². The number of amides is 3. The van der Waals surface area contributed by atoms with Gasteiger partial charge in [-0.05, 0) is 25.8 Å². The second-order valence-electron chi connectivity index (χ2n) is 6.32. The molecule has 21 heavy (non-hydrogen) atoms. The second-order valence-corrected chi connectivity index (χ2v) is 6.32. The maximum Gasteiger partial charge on any atom is 0.319 e. The highest BCUT2D eigenvalue weighted by molar-refractivity contribution is 5.87. The first kappa shape index (κ1) is 16.1. The summed E-state index contributed by atoms with van der Waals surface area (Å²) in [5.74, 6) is 0.235. The molecular weight excluding hydrogens is 268 g/mol. The fourth-order valence-corrected chi connectivity index (χ4v) is 3.42. The summed E-state index contributed by atoms with van der Waals surface area (Å²) in [7, 11) is 3.52. The number of carbonyl (C=O) groups is 2. The zero-order valence-electron chi connectivity index (χ0n) is 13.5. The number of carbonyl (C=O) groups excluding carboxylic acids is 2. The van der Waals surface area contributed by atoms with E-state index in [-0.39, 0.29) is 17.5 Å². The summed E-state index contributed by atoms with van der Waals surface area (Å²) in [6.45, 7) is 5.61. The van der Waals surface area contributed by atoms with Gasteiger partial charge in [0.1, 0.15) is 0 Å². The molecule has 2 saturated heterocycles. The van der Waals surface area contributed by atoms with E-state index in [9.17, 15) is 9.59 Å². The average molecular weight is 296 g/mol. The van der Waals surface area contributed by atoms with Crippen LogP contribution in [0.5, 0.6) is 0 Å². The van der Waals surface area contributed by atoms with Gasteiger partial charge >= 0.3 is 6.03 Å². The zero-order chi connectivity index (χ0) is 15.5. The summed E-state index contributed by atoms with van der Waals surface area (Å²) in [5.41, 5.74) is -0.345. The van der Waals surface area contributed by atoms with Crippen molar-refractivity contribution in [1.82, 2.24) is 20.0 Å². The molecule has 2 aliphatic rings. The Bertz CT molecular complexity index is 383. The predicted molar refractivity (Wildman–Crippen MR) is 82.1 cm³/mol. The van der Waals surface area contributed by atoms with Crippen molar-refractivity contribution in [1.29, 1.82) is 0 Å². The van der Waals surface area contributed by atoms with Gasteiger partial charge in [0.15, 0.2) is 0 Å². The fourth-order valence-electron chi connectivity index (χ4n) is 3.42. The lowest BCUT2D eigenvalue weighted by Gasteiger charge is -2.40. The van der Waals surface area contributed by atoms with Crippen molar-refractivity contribution in [2.24, 2.45) is 0 Å². The van der Waals surface area contributed by atoms with Gasteiger partial charge in [-0.1, -0.05) is 13.3 Å². The van der Waals surface area contributed by atoms with E-state index in [1.807, 2.05) is 9.80 Å². The van der Waals surface area contributed by atoms with Crippen LogP contribution in [-0.2, 0) is 4.79 Å². The standard InChI is InChI=1S/C15H28N4O2/c1-4-6-15(7-5-8-16-15)13(20)18-9-11-19(12-10-18)14(21)17(2)3/h16H,4-12H2,1-3H3. The molecule has 2 rings (SSSR count). The fraction of sp³-hybridized carbons (Fsp3) is 0.867. The highest BCUT2D eigenvalue weighted by Gasteiger charge is 2.43. The quantitative estimate of drug-likeness (QED) is 0.835. The summed E-state index contributed by atoms with van der Waals surface area (Å²) >= 11 is 0. The highest BCUT2D eigenvalue weighted by atomic mass is 16.2. The normalized spacial score (nSPS) is 26.0. The van der Waals surface area contributed by atoms with Crippen molar-refractivity contribution in [2.75, 3.05) is 46.8 Å². The highest BCUT2D eigenvalue weighted by Crippen LogP contribution is 2.27. The van der Waals surface area contributed by atoms with Gasteiger partial charge in [-0.25, -0.2) is 4.79 Å². The van der Waals surface area contributed by atoms with Crippen LogP contribution in [0.1, 0.15) is 32.6 Å². The summed E-state index contributed by atoms with van der Waals surface area (Å²) in [4.78, 5) is 30.2. The van der Waals surface area contributed by atoms with E-state index in [0.29, 0.717) is 26.2 Å². The molecule has 0 saturated carbocycles. The van der Waals surface area contributed by atoms with E-state index in [1.165, 1.54) is 0 Å². The molecule has 0 aliphatic carbocycles. The van der Waals surface area contributed by atoms with Crippen LogP contribution in [0.2, 0.25) is 0 Å². The molecule has 0 aromatic rings. The van der Waals surface area contributed by atoms with E-state index >= 15 is 0 Å². The van der Waals surface area contributed by atoms with Gasteiger partial charge in [0.05, 0.1) is 5.54 Å². The molecule has 0 bridgehead atoms. The Hall–Kier alpha value is -1.30. The molecule has 3 amide bonds. The lowest BCUT2D eigenvalue weighted by atomic mass is 9.90. The van der Waals surface area contributed by atoms with Gasteiger partial charge in [-0.2, -0.15) is 0 Å². The molecule has 1 atom stereocenters. The molecular formula is C15H28N4O2. The summed E-state index contributed by atoms with van der Waals surface area (Å²) < 4.78 is 0. The molecule has 2 fully saturated rings. The smallest absolute Gasteiger partial charge is 0.319 e. The van der Waals surface area contributed by atoms with Gasteiger partial charge in [0.2, 0.25) is 5.91 Å². The van der Waals surface area contributed by atoms with Gasteiger partial charge in [0.25, 0.3) is 0 Å². The lowest BCUT2D eigenvalue weighted by Crippen LogP contribution is -2.60. The Morgan fingerprint density at radius 1 is 1.14 bits per heavy atom. The maximum atomic E-state index is 12.9. The van der Waals surface area contributed by atoms with Crippen LogP contribution in [0.4, 0.5) is 4.79 Å². The van der Waals surface area contributed by atoms with E-state index in [2.05, 4.69) is 12.2 Å². The molecule has 2 aliphatic heterocycles. The summed E-state index contributed by atoms with van der Waals surface area (Å²) in [6, 6.07) is 0.0318. The third kappa shape index (κ3) is 3.31. The average Bonchev–Trinajstić information content (AvgIpc) is 2.96. The van der Waals surface area contributed by atoms with Crippen LogP contribution < -0.4 is 5.32 Å². The first-order chi connectivity index (χ1) is 10.00. The van der Waals surface area contributed by atoms with Crippen LogP contribution in [0.15, 0.2) is 0 Å². The van der Waals surface area contributed by atoms with Gasteiger partial charge in [0, 0.05) is 40.3 Å². The van der Waals surface area contributed by atoms with E-state index in [4.69, 9.17) is 0 Å². The first-order valence-electron chi connectivity index (χ1n) is 8.01. The second kappa shape index (κ2) is 6.64. The molecule has 0 aromatic heterocycles. The van der Waals surface area contributed by atoms with Crippen molar-refractivity contribution in [3.8, 4) is 0 Å². The molecule has 6 nitrogen and oxygen atoms in total. The van der Waals surface area contributed by atoms with Gasteiger partial charge < -0.3 is 20.0 Å².